The van der Waals surface area contributed by atoms with Crippen LogP contribution in [0.5, 0.6) is 0 Å². The molecule has 1 heterocycles. The SMILES string of the molecule is CC1CCC(c2[nH]nc(-c3cccc(F)c3)c2C#N)CC1. The normalized spacial score (nSPS) is 22.0. The van der Waals surface area contributed by atoms with Crippen LogP contribution in [0.4, 0.5) is 4.39 Å². The Bertz CT molecular complexity index is 676. The van der Waals surface area contributed by atoms with Crippen molar-refractivity contribution in [2.24, 2.45) is 5.92 Å². The van der Waals surface area contributed by atoms with E-state index < -0.39 is 0 Å². The lowest BCUT2D eigenvalue weighted by atomic mass is 9.80. The van der Waals surface area contributed by atoms with E-state index in [1.807, 2.05) is 0 Å². The van der Waals surface area contributed by atoms with Crippen LogP contribution in [0.1, 0.15) is 49.8 Å². The summed E-state index contributed by atoms with van der Waals surface area (Å²) >= 11 is 0. The predicted molar refractivity (Wildman–Crippen MR) is 79.1 cm³/mol. The number of hydrogen-bond donors (Lipinski definition) is 1. The highest BCUT2D eigenvalue weighted by Crippen LogP contribution is 2.38. The fourth-order valence-corrected chi connectivity index (χ4v) is 3.16. The molecule has 1 aromatic carbocycles. The van der Waals surface area contributed by atoms with Crippen LogP contribution < -0.4 is 0 Å². The van der Waals surface area contributed by atoms with Gasteiger partial charge in [0, 0.05) is 11.5 Å². The molecule has 0 radical (unpaired) electrons. The molecule has 4 heteroatoms. The molecule has 1 aliphatic rings. The first-order valence-corrected chi connectivity index (χ1v) is 7.43. The van der Waals surface area contributed by atoms with Crippen molar-refractivity contribution in [1.29, 1.82) is 5.26 Å². The van der Waals surface area contributed by atoms with Crippen LogP contribution in [0.15, 0.2) is 24.3 Å². The van der Waals surface area contributed by atoms with Gasteiger partial charge in [-0.2, -0.15) is 10.4 Å². The van der Waals surface area contributed by atoms with Crippen molar-refractivity contribution >= 4 is 0 Å². The van der Waals surface area contributed by atoms with Gasteiger partial charge in [0.05, 0.1) is 5.69 Å². The maximum Gasteiger partial charge on any atom is 0.123 e. The van der Waals surface area contributed by atoms with Gasteiger partial charge >= 0.3 is 0 Å². The van der Waals surface area contributed by atoms with E-state index in [2.05, 4.69) is 23.2 Å². The van der Waals surface area contributed by atoms with Gasteiger partial charge in [-0.05, 0) is 30.9 Å². The van der Waals surface area contributed by atoms with Crippen LogP contribution in [0.3, 0.4) is 0 Å². The van der Waals surface area contributed by atoms with Crippen molar-refractivity contribution in [2.75, 3.05) is 0 Å². The van der Waals surface area contributed by atoms with Gasteiger partial charge in [-0.3, -0.25) is 5.10 Å². The third-order valence-electron chi connectivity index (χ3n) is 4.43. The third-order valence-corrected chi connectivity index (χ3v) is 4.43. The molecule has 1 aromatic heterocycles. The number of nitriles is 1. The van der Waals surface area contributed by atoms with Crippen molar-refractivity contribution in [1.82, 2.24) is 10.2 Å². The second-order valence-electron chi connectivity index (χ2n) is 5.94. The molecule has 1 aliphatic carbocycles. The van der Waals surface area contributed by atoms with Crippen molar-refractivity contribution in [2.45, 2.75) is 38.5 Å². The number of H-pyrrole nitrogens is 1. The molecule has 0 unspecified atom stereocenters. The molecular formula is C17H18FN3. The summed E-state index contributed by atoms with van der Waals surface area (Å²) in [6, 6.07) is 8.50. The second-order valence-corrected chi connectivity index (χ2v) is 5.94. The first kappa shape index (κ1) is 13.8. The highest BCUT2D eigenvalue weighted by atomic mass is 19.1. The zero-order valence-corrected chi connectivity index (χ0v) is 12.1. The number of benzene rings is 1. The molecule has 2 aromatic rings. The van der Waals surface area contributed by atoms with Gasteiger partial charge < -0.3 is 0 Å². The topological polar surface area (TPSA) is 52.5 Å². The third kappa shape index (κ3) is 2.69. The molecule has 0 spiro atoms. The number of nitrogens with zero attached hydrogens (tertiary/aromatic N) is 2. The summed E-state index contributed by atoms with van der Waals surface area (Å²) in [7, 11) is 0. The van der Waals surface area contributed by atoms with Crippen molar-refractivity contribution < 1.29 is 4.39 Å². The summed E-state index contributed by atoms with van der Waals surface area (Å²) in [6.45, 7) is 2.27. The van der Waals surface area contributed by atoms with Gasteiger partial charge in [-0.1, -0.05) is 31.9 Å². The average molecular weight is 283 g/mol. The van der Waals surface area contributed by atoms with Gasteiger partial charge in [-0.15, -0.1) is 0 Å². The summed E-state index contributed by atoms with van der Waals surface area (Å²) in [4.78, 5) is 0. The van der Waals surface area contributed by atoms with Gasteiger partial charge in [-0.25, -0.2) is 4.39 Å². The van der Waals surface area contributed by atoms with Crippen LogP contribution in [0.2, 0.25) is 0 Å². The smallest absolute Gasteiger partial charge is 0.123 e. The lowest BCUT2D eigenvalue weighted by molar-refractivity contribution is 0.343. The Kier molecular flexibility index (Phi) is 3.74. The van der Waals surface area contributed by atoms with Gasteiger partial charge in [0.15, 0.2) is 0 Å². The minimum Gasteiger partial charge on any atom is -0.280 e. The Labute approximate surface area is 123 Å². The molecule has 0 amide bonds. The molecule has 108 valence electrons. The molecule has 21 heavy (non-hydrogen) atoms. The fraction of sp³-hybridized carbons (Fsp3) is 0.412. The zero-order valence-electron chi connectivity index (χ0n) is 12.1. The fourth-order valence-electron chi connectivity index (χ4n) is 3.16. The molecule has 3 nitrogen and oxygen atoms in total. The van der Waals surface area contributed by atoms with Crippen LogP contribution in [-0.4, -0.2) is 10.2 Å². The molecule has 1 N–H and O–H groups in total. The summed E-state index contributed by atoms with van der Waals surface area (Å²) in [5.74, 6) is 0.815. The Hall–Kier alpha value is -2.15. The zero-order chi connectivity index (χ0) is 14.8. The quantitative estimate of drug-likeness (QED) is 0.889. The second kappa shape index (κ2) is 5.69. The van der Waals surface area contributed by atoms with E-state index in [1.165, 1.54) is 25.0 Å². The molecule has 3 rings (SSSR count). The molecule has 1 fully saturated rings. The maximum absolute atomic E-state index is 13.4. The van der Waals surface area contributed by atoms with E-state index in [1.54, 1.807) is 12.1 Å². The van der Waals surface area contributed by atoms with E-state index in [9.17, 15) is 9.65 Å². The standard InChI is InChI=1S/C17H18FN3/c1-11-5-7-12(8-6-11)16-15(10-19)17(21-20-16)13-3-2-4-14(18)9-13/h2-4,9,11-12H,5-8H2,1H3,(H,20,21). The van der Waals surface area contributed by atoms with Gasteiger partial charge in [0.1, 0.15) is 23.1 Å². The van der Waals surface area contributed by atoms with Gasteiger partial charge in [0.25, 0.3) is 0 Å². The molecule has 1 saturated carbocycles. The molecule has 0 aliphatic heterocycles. The van der Waals surface area contributed by atoms with E-state index >= 15 is 0 Å². The number of nitrogens with one attached hydrogen (secondary N) is 1. The van der Waals surface area contributed by atoms with E-state index in [-0.39, 0.29) is 5.82 Å². The lowest BCUT2D eigenvalue weighted by Gasteiger charge is -2.25. The number of hydrogen-bond acceptors (Lipinski definition) is 2. The molecule has 0 bridgehead atoms. The van der Waals surface area contributed by atoms with Crippen molar-refractivity contribution in [3.8, 4) is 17.3 Å². The summed E-state index contributed by atoms with van der Waals surface area (Å²) in [5.41, 5.74) is 2.70. The van der Waals surface area contributed by atoms with Crippen LogP contribution >= 0.6 is 0 Å². The van der Waals surface area contributed by atoms with Crippen LogP contribution in [0, 0.1) is 23.1 Å². The van der Waals surface area contributed by atoms with E-state index in [4.69, 9.17) is 0 Å². The van der Waals surface area contributed by atoms with Crippen molar-refractivity contribution in [3.63, 3.8) is 0 Å². The number of rotatable bonds is 2. The van der Waals surface area contributed by atoms with Crippen LogP contribution in [-0.2, 0) is 0 Å². The lowest BCUT2D eigenvalue weighted by Crippen LogP contribution is -2.12. The average Bonchev–Trinajstić information content (AvgIpc) is 2.92. The number of halogens is 1. The predicted octanol–water partition coefficient (Wildman–Crippen LogP) is 4.38. The molecule has 0 atom stereocenters. The Morgan fingerprint density at radius 2 is 2.05 bits per heavy atom. The first-order chi connectivity index (χ1) is 10.2. The van der Waals surface area contributed by atoms with Crippen LogP contribution in [0.25, 0.3) is 11.3 Å². The maximum atomic E-state index is 13.4. The highest BCUT2D eigenvalue weighted by molar-refractivity contribution is 5.68. The summed E-state index contributed by atoms with van der Waals surface area (Å²) < 4.78 is 13.4. The largest absolute Gasteiger partial charge is 0.280 e. The summed E-state index contributed by atoms with van der Waals surface area (Å²) in [5, 5.41) is 16.8. The van der Waals surface area contributed by atoms with E-state index in [0.717, 1.165) is 24.5 Å². The molecular weight excluding hydrogens is 265 g/mol. The Morgan fingerprint density at radius 3 is 2.71 bits per heavy atom. The number of aromatic nitrogens is 2. The monoisotopic (exact) mass is 283 g/mol. The first-order valence-electron chi connectivity index (χ1n) is 7.43. The van der Waals surface area contributed by atoms with Gasteiger partial charge in [0.2, 0.25) is 0 Å². The molecule has 0 saturated heterocycles. The van der Waals surface area contributed by atoms with E-state index in [0.29, 0.717) is 22.7 Å². The Morgan fingerprint density at radius 1 is 1.29 bits per heavy atom. The number of aromatic amines is 1. The highest BCUT2D eigenvalue weighted by Gasteiger charge is 2.25. The summed E-state index contributed by atoms with van der Waals surface area (Å²) in [6.07, 6.45) is 4.54. The minimum atomic E-state index is -0.313. The van der Waals surface area contributed by atoms with Crippen molar-refractivity contribution in [3.05, 3.63) is 41.3 Å². The Balaban J connectivity index is 1.96. The minimum absolute atomic E-state index is 0.313.